The molecule has 1 amide bonds. The van der Waals surface area contributed by atoms with Crippen molar-refractivity contribution in [2.45, 2.75) is 25.9 Å². The topological polar surface area (TPSA) is 78.4 Å². The average Bonchev–Trinajstić information content (AvgIpc) is 2.84. The SMILES string of the molecule is Cc1cc(Cl)cc(O)c1-c1ccc(CN[C@H]2CC(=O)N(C)C2)nn1. The summed E-state index contributed by atoms with van der Waals surface area (Å²) in [7, 11) is 1.81. The Balaban J connectivity index is 1.69. The first-order valence-electron chi connectivity index (χ1n) is 7.73. The Hall–Kier alpha value is -2.18. The first-order valence-corrected chi connectivity index (χ1v) is 8.11. The van der Waals surface area contributed by atoms with E-state index >= 15 is 0 Å². The van der Waals surface area contributed by atoms with Gasteiger partial charge in [0.15, 0.2) is 0 Å². The first-order chi connectivity index (χ1) is 11.4. The lowest BCUT2D eigenvalue weighted by Gasteiger charge is -2.12. The number of halogens is 1. The number of carbonyl (C=O) groups is 1. The van der Waals surface area contributed by atoms with Gasteiger partial charge in [-0.15, -0.1) is 0 Å². The molecule has 1 saturated heterocycles. The molecule has 3 rings (SSSR count). The minimum absolute atomic E-state index is 0.0904. The van der Waals surface area contributed by atoms with Crippen LogP contribution in [-0.2, 0) is 11.3 Å². The lowest BCUT2D eigenvalue weighted by Crippen LogP contribution is -2.31. The predicted octanol–water partition coefficient (Wildman–Crippen LogP) is 2.13. The van der Waals surface area contributed by atoms with E-state index in [1.807, 2.05) is 19.1 Å². The zero-order chi connectivity index (χ0) is 17.3. The monoisotopic (exact) mass is 346 g/mol. The van der Waals surface area contributed by atoms with Gasteiger partial charge in [-0.3, -0.25) is 4.79 Å². The molecule has 24 heavy (non-hydrogen) atoms. The molecule has 2 N–H and O–H groups in total. The van der Waals surface area contributed by atoms with E-state index in [9.17, 15) is 9.90 Å². The number of phenols is 1. The van der Waals surface area contributed by atoms with E-state index in [4.69, 9.17) is 11.6 Å². The van der Waals surface area contributed by atoms with Gasteiger partial charge in [0.1, 0.15) is 5.75 Å². The molecule has 2 aromatic rings. The van der Waals surface area contributed by atoms with Gasteiger partial charge in [0.25, 0.3) is 0 Å². The molecule has 0 radical (unpaired) electrons. The van der Waals surface area contributed by atoms with Gasteiger partial charge in [-0.25, -0.2) is 0 Å². The summed E-state index contributed by atoms with van der Waals surface area (Å²) in [6, 6.07) is 7.11. The second-order valence-corrected chi connectivity index (χ2v) is 6.52. The quantitative estimate of drug-likeness (QED) is 0.886. The molecule has 1 fully saturated rings. The maximum Gasteiger partial charge on any atom is 0.224 e. The molecule has 1 aromatic carbocycles. The number of rotatable bonds is 4. The summed E-state index contributed by atoms with van der Waals surface area (Å²) in [6.07, 6.45) is 0.514. The van der Waals surface area contributed by atoms with Crippen LogP contribution < -0.4 is 5.32 Å². The van der Waals surface area contributed by atoms with E-state index in [1.54, 1.807) is 18.0 Å². The van der Waals surface area contributed by atoms with Gasteiger partial charge in [0, 0.05) is 43.2 Å². The highest BCUT2D eigenvalue weighted by atomic mass is 35.5. The molecule has 0 aliphatic carbocycles. The van der Waals surface area contributed by atoms with Crippen LogP contribution in [0.4, 0.5) is 0 Å². The number of likely N-dealkylation sites (N-methyl/N-ethyl adjacent to an activating group) is 1. The van der Waals surface area contributed by atoms with E-state index < -0.39 is 0 Å². The number of aromatic nitrogens is 2. The van der Waals surface area contributed by atoms with Crippen molar-refractivity contribution in [1.82, 2.24) is 20.4 Å². The third kappa shape index (κ3) is 3.49. The van der Waals surface area contributed by atoms with E-state index in [-0.39, 0.29) is 17.7 Å². The van der Waals surface area contributed by atoms with Crippen molar-refractivity contribution in [2.75, 3.05) is 13.6 Å². The smallest absolute Gasteiger partial charge is 0.224 e. The van der Waals surface area contributed by atoms with E-state index in [0.717, 1.165) is 11.3 Å². The van der Waals surface area contributed by atoms with Gasteiger partial charge in [-0.1, -0.05) is 11.6 Å². The number of nitrogens with one attached hydrogen (secondary N) is 1. The number of benzene rings is 1. The molecule has 0 saturated carbocycles. The standard InChI is InChI=1S/C17H19ClN4O2/c1-10-5-11(18)6-15(23)17(10)14-4-3-12(20-21-14)8-19-13-7-16(24)22(2)9-13/h3-6,13,19,23H,7-9H2,1-2H3/t13-/m0/s1. The zero-order valence-electron chi connectivity index (χ0n) is 13.6. The van der Waals surface area contributed by atoms with Crippen molar-refractivity contribution in [3.8, 4) is 17.0 Å². The van der Waals surface area contributed by atoms with Crippen LogP contribution in [0.2, 0.25) is 5.02 Å². The van der Waals surface area contributed by atoms with Crippen LogP contribution in [0.15, 0.2) is 24.3 Å². The van der Waals surface area contributed by atoms with E-state index in [1.165, 1.54) is 6.07 Å². The largest absolute Gasteiger partial charge is 0.507 e. The summed E-state index contributed by atoms with van der Waals surface area (Å²) in [5.41, 5.74) is 2.86. The summed E-state index contributed by atoms with van der Waals surface area (Å²) in [5, 5.41) is 22.3. The number of carbonyl (C=O) groups excluding carboxylic acids is 1. The molecular weight excluding hydrogens is 328 g/mol. The number of amides is 1. The Morgan fingerprint density at radius 3 is 2.75 bits per heavy atom. The highest BCUT2D eigenvalue weighted by Crippen LogP contribution is 2.33. The lowest BCUT2D eigenvalue weighted by atomic mass is 10.0. The van der Waals surface area contributed by atoms with E-state index in [0.29, 0.717) is 35.8 Å². The molecule has 7 heteroatoms. The Morgan fingerprint density at radius 2 is 2.17 bits per heavy atom. The number of likely N-dealkylation sites (tertiary alicyclic amines) is 1. The zero-order valence-corrected chi connectivity index (χ0v) is 14.3. The number of nitrogens with zero attached hydrogens (tertiary/aromatic N) is 3. The summed E-state index contributed by atoms with van der Waals surface area (Å²) in [5.74, 6) is 0.246. The summed E-state index contributed by atoms with van der Waals surface area (Å²) in [6.45, 7) is 3.12. The van der Waals surface area contributed by atoms with Crippen molar-refractivity contribution in [1.29, 1.82) is 0 Å². The fraction of sp³-hybridized carbons (Fsp3) is 0.353. The van der Waals surface area contributed by atoms with Crippen molar-refractivity contribution in [3.63, 3.8) is 0 Å². The first kappa shape index (κ1) is 16.7. The number of hydrogen-bond donors (Lipinski definition) is 2. The number of aryl methyl sites for hydroxylation is 1. The van der Waals surface area contributed by atoms with Crippen LogP contribution >= 0.6 is 11.6 Å². The molecule has 126 valence electrons. The summed E-state index contributed by atoms with van der Waals surface area (Å²) < 4.78 is 0. The van der Waals surface area contributed by atoms with Crippen LogP contribution in [0.25, 0.3) is 11.3 Å². The van der Waals surface area contributed by atoms with Gasteiger partial charge in [-0.2, -0.15) is 10.2 Å². The maximum absolute atomic E-state index is 11.5. The third-order valence-corrected chi connectivity index (χ3v) is 4.39. The summed E-state index contributed by atoms with van der Waals surface area (Å²) in [4.78, 5) is 13.2. The molecule has 1 aliphatic rings. The van der Waals surface area contributed by atoms with Gasteiger partial charge >= 0.3 is 0 Å². The highest BCUT2D eigenvalue weighted by molar-refractivity contribution is 6.31. The van der Waals surface area contributed by atoms with Crippen LogP contribution in [0.5, 0.6) is 5.75 Å². The maximum atomic E-state index is 11.5. The van der Waals surface area contributed by atoms with Crippen molar-refractivity contribution < 1.29 is 9.90 Å². The molecule has 0 bridgehead atoms. The molecule has 6 nitrogen and oxygen atoms in total. The van der Waals surface area contributed by atoms with Crippen molar-refractivity contribution in [3.05, 3.63) is 40.5 Å². The Kier molecular flexibility index (Phi) is 4.69. The van der Waals surface area contributed by atoms with E-state index in [2.05, 4.69) is 15.5 Å². The Labute approximate surface area is 145 Å². The van der Waals surface area contributed by atoms with Crippen LogP contribution in [-0.4, -0.2) is 45.7 Å². The molecule has 0 spiro atoms. The second kappa shape index (κ2) is 6.75. The Bertz CT molecular complexity index is 741. The summed E-state index contributed by atoms with van der Waals surface area (Å²) >= 11 is 5.93. The van der Waals surface area contributed by atoms with Gasteiger partial charge in [0.05, 0.1) is 11.4 Å². The highest BCUT2D eigenvalue weighted by Gasteiger charge is 2.26. The third-order valence-electron chi connectivity index (χ3n) is 4.17. The fourth-order valence-electron chi connectivity index (χ4n) is 2.90. The van der Waals surface area contributed by atoms with Gasteiger partial charge < -0.3 is 15.3 Å². The molecule has 0 unspecified atom stereocenters. The van der Waals surface area contributed by atoms with Crippen molar-refractivity contribution >= 4 is 17.5 Å². The Morgan fingerprint density at radius 1 is 1.38 bits per heavy atom. The minimum atomic E-state index is 0.0904. The number of phenolic OH excluding ortho intramolecular Hbond substituents is 1. The molecule has 1 aromatic heterocycles. The fourth-order valence-corrected chi connectivity index (χ4v) is 3.16. The normalized spacial score (nSPS) is 17.5. The molecule has 1 aliphatic heterocycles. The van der Waals surface area contributed by atoms with Crippen LogP contribution in [0.3, 0.4) is 0 Å². The van der Waals surface area contributed by atoms with Crippen LogP contribution in [0.1, 0.15) is 17.7 Å². The second-order valence-electron chi connectivity index (χ2n) is 6.08. The number of hydrogen-bond acceptors (Lipinski definition) is 5. The minimum Gasteiger partial charge on any atom is -0.507 e. The molecule has 1 atom stereocenters. The molecule has 2 heterocycles. The number of aromatic hydroxyl groups is 1. The van der Waals surface area contributed by atoms with Gasteiger partial charge in [-0.05, 0) is 36.8 Å². The van der Waals surface area contributed by atoms with Crippen molar-refractivity contribution in [2.24, 2.45) is 0 Å². The van der Waals surface area contributed by atoms with Gasteiger partial charge in [0.2, 0.25) is 5.91 Å². The average molecular weight is 347 g/mol. The lowest BCUT2D eigenvalue weighted by molar-refractivity contribution is -0.126. The molecular formula is C17H19ClN4O2. The van der Waals surface area contributed by atoms with Crippen LogP contribution in [0, 0.1) is 6.92 Å². The predicted molar refractivity (Wildman–Crippen MR) is 91.8 cm³/mol.